The molecule has 4 rings (SSSR count). The van der Waals surface area contributed by atoms with Gasteiger partial charge in [-0.25, -0.2) is 9.97 Å². The molecule has 0 aromatic carbocycles. The minimum Gasteiger partial charge on any atom is -0.313 e. The number of nitrogens with zero attached hydrogens (tertiary/aromatic N) is 7. The summed E-state index contributed by atoms with van der Waals surface area (Å²) in [5.41, 5.74) is 2.54. The lowest BCUT2D eigenvalue weighted by molar-refractivity contribution is 0.747. The van der Waals surface area contributed by atoms with Gasteiger partial charge < -0.3 is 10.6 Å². The molecule has 0 fully saturated rings. The van der Waals surface area contributed by atoms with Crippen LogP contribution in [0.25, 0.3) is 16.9 Å². The fourth-order valence-corrected chi connectivity index (χ4v) is 2.57. The Balaban J connectivity index is 1.66. The van der Waals surface area contributed by atoms with Crippen molar-refractivity contribution in [2.24, 2.45) is 7.05 Å². The van der Waals surface area contributed by atoms with Crippen LogP contribution in [-0.4, -0.2) is 41.4 Å². The molecule has 0 aliphatic carbocycles. The Morgan fingerprint density at radius 3 is 2.84 bits per heavy atom. The lowest BCUT2D eigenvalue weighted by Crippen LogP contribution is -2.08. The molecule has 4 aromatic heterocycles. The number of fused-ring (bicyclic) bond motifs is 1. The zero-order chi connectivity index (χ0) is 17.2. The van der Waals surface area contributed by atoms with Gasteiger partial charge in [0.2, 0.25) is 5.95 Å². The van der Waals surface area contributed by atoms with Crippen molar-refractivity contribution in [2.45, 2.75) is 6.54 Å². The van der Waals surface area contributed by atoms with Crippen molar-refractivity contribution in [1.29, 1.82) is 0 Å². The van der Waals surface area contributed by atoms with Crippen molar-refractivity contribution in [3.8, 4) is 11.3 Å². The summed E-state index contributed by atoms with van der Waals surface area (Å²) >= 11 is 0. The molecule has 0 saturated heterocycles. The van der Waals surface area contributed by atoms with Gasteiger partial charge in [-0.05, 0) is 25.2 Å². The molecule has 9 nitrogen and oxygen atoms in total. The van der Waals surface area contributed by atoms with E-state index in [0.717, 1.165) is 28.5 Å². The lowest BCUT2D eigenvalue weighted by Gasteiger charge is -2.07. The summed E-state index contributed by atoms with van der Waals surface area (Å²) in [6.07, 6.45) is 5.39. The van der Waals surface area contributed by atoms with E-state index < -0.39 is 0 Å². The first-order valence-corrected chi connectivity index (χ1v) is 7.81. The first-order chi connectivity index (χ1) is 12.2. The van der Waals surface area contributed by atoms with Crippen molar-refractivity contribution >= 4 is 17.4 Å². The number of rotatable bonds is 5. The molecule has 9 heteroatoms. The monoisotopic (exact) mass is 335 g/mol. The van der Waals surface area contributed by atoms with Gasteiger partial charge in [0.1, 0.15) is 5.82 Å². The zero-order valence-corrected chi connectivity index (χ0v) is 13.9. The van der Waals surface area contributed by atoms with E-state index in [1.54, 1.807) is 17.1 Å². The SMILES string of the molecule is CNCc1nnc2cc(-c3ccnc(Nc4ccnn4C)n3)ccn12. The molecule has 0 unspecified atom stereocenters. The Kier molecular flexibility index (Phi) is 3.82. The summed E-state index contributed by atoms with van der Waals surface area (Å²) in [4.78, 5) is 8.84. The molecule has 4 aromatic rings. The quantitative estimate of drug-likeness (QED) is 0.568. The van der Waals surface area contributed by atoms with E-state index in [0.29, 0.717) is 12.5 Å². The van der Waals surface area contributed by atoms with Gasteiger partial charge in [-0.2, -0.15) is 5.10 Å². The van der Waals surface area contributed by atoms with Crippen molar-refractivity contribution in [2.75, 3.05) is 12.4 Å². The molecule has 25 heavy (non-hydrogen) atoms. The summed E-state index contributed by atoms with van der Waals surface area (Å²) in [5.74, 6) is 2.20. The van der Waals surface area contributed by atoms with Gasteiger partial charge in [-0.15, -0.1) is 10.2 Å². The first kappa shape index (κ1) is 15.2. The number of nitrogens with one attached hydrogen (secondary N) is 2. The van der Waals surface area contributed by atoms with Crippen LogP contribution in [0.4, 0.5) is 11.8 Å². The van der Waals surface area contributed by atoms with E-state index in [-0.39, 0.29) is 0 Å². The average molecular weight is 335 g/mol. The van der Waals surface area contributed by atoms with Crippen molar-refractivity contribution < 1.29 is 0 Å². The average Bonchev–Trinajstić information content (AvgIpc) is 3.22. The Hall–Kier alpha value is -3.33. The van der Waals surface area contributed by atoms with Crippen LogP contribution in [0.15, 0.2) is 42.9 Å². The second kappa shape index (κ2) is 6.29. The normalized spacial score (nSPS) is 11.1. The standard InChI is InChI=1S/C16H17N9/c1-17-10-15-23-22-14-9-11(5-8-25(14)15)12-3-6-18-16(20-12)21-13-4-7-19-24(13)2/h3-9,17H,10H2,1-2H3,(H,18,20,21). The van der Waals surface area contributed by atoms with Crippen LogP contribution >= 0.6 is 0 Å². The largest absolute Gasteiger partial charge is 0.313 e. The number of anilines is 2. The van der Waals surface area contributed by atoms with E-state index in [4.69, 9.17) is 0 Å². The van der Waals surface area contributed by atoms with Gasteiger partial charge in [-0.1, -0.05) is 0 Å². The van der Waals surface area contributed by atoms with Crippen LogP contribution in [-0.2, 0) is 13.6 Å². The van der Waals surface area contributed by atoms with Gasteiger partial charge >= 0.3 is 0 Å². The second-order valence-electron chi connectivity index (χ2n) is 5.52. The molecule has 0 atom stereocenters. The smallest absolute Gasteiger partial charge is 0.228 e. The molecule has 0 amide bonds. The molecule has 0 bridgehead atoms. The van der Waals surface area contributed by atoms with Crippen molar-refractivity contribution in [1.82, 2.24) is 39.7 Å². The number of pyridine rings is 1. The van der Waals surface area contributed by atoms with E-state index in [1.807, 2.05) is 49.0 Å². The Bertz CT molecular complexity index is 1020. The van der Waals surface area contributed by atoms with Gasteiger partial charge in [0.05, 0.1) is 18.4 Å². The van der Waals surface area contributed by atoms with Crippen LogP contribution in [0.1, 0.15) is 5.82 Å². The molecule has 0 saturated carbocycles. The molecule has 0 spiro atoms. The fraction of sp³-hybridized carbons (Fsp3) is 0.188. The maximum Gasteiger partial charge on any atom is 0.228 e. The number of aryl methyl sites for hydroxylation is 1. The second-order valence-corrected chi connectivity index (χ2v) is 5.52. The highest BCUT2D eigenvalue weighted by Gasteiger charge is 2.08. The third-order valence-corrected chi connectivity index (χ3v) is 3.83. The van der Waals surface area contributed by atoms with Gasteiger partial charge in [-0.3, -0.25) is 9.08 Å². The highest BCUT2D eigenvalue weighted by molar-refractivity contribution is 5.65. The topological polar surface area (TPSA) is 97.9 Å². The number of aromatic nitrogens is 7. The predicted molar refractivity (Wildman–Crippen MR) is 93.3 cm³/mol. The minimum atomic E-state index is 0.512. The van der Waals surface area contributed by atoms with Crippen LogP contribution in [0, 0.1) is 0 Å². The van der Waals surface area contributed by atoms with E-state index >= 15 is 0 Å². The Morgan fingerprint density at radius 2 is 2.04 bits per heavy atom. The third kappa shape index (κ3) is 2.92. The van der Waals surface area contributed by atoms with Crippen LogP contribution in [0.3, 0.4) is 0 Å². The number of hydrogen-bond acceptors (Lipinski definition) is 7. The maximum absolute atomic E-state index is 4.58. The lowest BCUT2D eigenvalue weighted by atomic mass is 10.2. The summed E-state index contributed by atoms with van der Waals surface area (Å²) in [6.45, 7) is 0.660. The molecule has 4 heterocycles. The van der Waals surface area contributed by atoms with Crippen LogP contribution < -0.4 is 10.6 Å². The van der Waals surface area contributed by atoms with E-state index in [1.165, 1.54) is 0 Å². The fourth-order valence-electron chi connectivity index (χ4n) is 2.57. The molecule has 0 aliphatic heterocycles. The molecular formula is C16H17N9. The summed E-state index contributed by atoms with van der Waals surface area (Å²) in [6, 6.07) is 7.68. The molecule has 0 aliphatic rings. The minimum absolute atomic E-state index is 0.512. The molecule has 2 N–H and O–H groups in total. The molecule has 0 radical (unpaired) electrons. The van der Waals surface area contributed by atoms with Crippen LogP contribution in [0.5, 0.6) is 0 Å². The highest BCUT2D eigenvalue weighted by atomic mass is 15.3. The Morgan fingerprint density at radius 1 is 1.12 bits per heavy atom. The summed E-state index contributed by atoms with van der Waals surface area (Å²) in [5, 5.41) is 18.8. The van der Waals surface area contributed by atoms with Crippen molar-refractivity contribution in [3.63, 3.8) is 0 Å². The van der Waals surface area contributed by atoms with Gasteiger partial charge in [0.25, 0.3) is 0 Å². The molecular weight excluding hydrogens is 318 g/mol. The molecule has 126 valence electrons. The maximum atomic E-state index is 4.58. The van der Waals surface area contributed by atoms with Crippen LogP contribution in [0.2, 0.25) is 0 Å². The predicted octanol–water partition coefficient (Wildman–Crippen LogP) is 1.38. The summed E-state index contributed by atoms with van der Waals surface area (Å²) in [7, 11) is 3.74. The Labute approximate surface area is 143 Å². The van der Waals surface area contributed by atoms with Gasteiger partial charge in [0, 0.05) is 31.1 Å². The zero-order valence-electron chi connectivity index (χ0n) is 13.9. The highest BCUT2D eigenvalue weighted by Crippen LogP contribution is 2.20. The third-order valence-electron chi connectivity index (χ3n) is 3.83. The van der Waals surface area contributed by atoms with E-state index in [2.05, 4.69) is 35.9 Å². The summed E-state index contributed by atoms with van der Waals surface area (Å²) < 4.78 is 3.68. The first-order valence-electron chi connectivity index (χ1n) is 7.81. The van der Waals surface area contributed by atoms with Crippen molar-refractivity contribution in [3.05, 3.63) is 48.7 Å². The van der Waals surface area contributed by atoms with E-state index in [9.17, 15) is 0 Å². The number of hydrogen-bond donors (Lipinski definition) is 2. The van der Waals surface area contributed by atoms with Gasteiger partial charge in [0.15, 0.2) is 11.5 Å².